The second kappa shape index (κ2) is 6.10. The van der Waals surface area contributed by atoms with E-state index in [4.69, 9.17) is 0 Å². The summed E-state index contributed by atoms with van der Waals surface area (Å²) in [5, 5.41) is 18.5. The molecule has 0 atom stereocenters. The summed E-state index contributed by atoms with van der Waals surface area (Å²) in [4.78, 5) is 0. The van der Waals surface area contributed by atoms with E-state index in [0.717, 1.165) is 3.57 Å². The van der Waals surface area contributed by atoms with Crippen LogP contribution in [0.25, 0.3) is 0 Å². The van der Waals surface area contributed by atoms with Crippen molar-refractivity contribution in [3.05, 3.63) is 55.7 Å². The molecule has 0 aromatic heterocycles. The minimum absolute atomic E-state index is 0. The van der Waals surface area contributed by atoms with E-state index in [1.807, 2.05) is 24.3 Å². The number of phenols is 2. The predicted octanol–water partition coefficient (Wildman–Crippen LogP) is -0.196. The molecule has 0 spiro atoms. The molecule has 0 heterocycles. The zero-order valence-corrected chi connectivity index (χ0v) is 12.2. The van der Waals surface area contributed by atoms with Gasteiger partial charge in [0.2, 0.25) is 0 Å². The van der Waals surface area contributed by atoms with Gasteiger partial charge < -0.3 is 0 Å². The van der Waals surface area contributed by atoms with Crippen molar-refractivity contribution < 1.29 is 31.4 Å². The maximum absolute atomic E-state index is 9.35. The third-order valence-electron chi connectivity index (χ3n) is 1.89. The Labute approximate surface area is 115 Å². The number of benzene rings is 2. The van der Waals surface area contributed by atoms with Gasteiger partial charge in [-0.1, -0.05) is 0 Å². The molecule has 2 N–H and O–H groups in total. The number of rotatable bonds is 2. The van der Waals surface area contributed by atoms with Crippen LogP contribution in [0.4, 0.5) is 0 Å². The van der Waals surface area contributed by atoms with Gasteiger partial charge in [0.05, 0.1) is 0 Å². The summed E-state index contributed by atoms with van der Waals surface area (Å²) in [7, 11) is 0. The van der Waals surface area contributed by atoms with E-state index in [9.17, 15) is 10.2 Å². The molecule has 16 heavy (non-hydrogen) atoms. The second-order valence-electron chi connectivity index (χ2n) is 3.02. The fourth-order valence-corrected chi connectivity index (χ4v) is 3.46. The van der Waals surface area contributed by atoms with Gasteiger partial charge in [-0.05, 0) is 0 Å². The zero-order valence-electron chi connectivity index (χ0n) is 8.30. The van der Waals surface area contributed by atoms with E-state index in [-0.39, 0.29) is 49.7 Å². The van der Waals surface area contributed by atoms with E-state index in [2.05, 4.69) is 12.1 Å². The van der Waals surface area contributed by atoms with E-state index < -0.39 is 0 Å². The van der Waals surface area contributed by atoms with Crippen LogP contribution in [0.15, 0.2) is 48.5 Å². The summed E-state index contributed by atoms with van der Waals surface area (Å²) in [5.41, 5.74) is 0. The summed E-state index contributed by atoms with van der Waals surface area (Å²) in [5.74, 6) is -0.0982. The fraction of sp³-hybridized carbons (Fsp3) is 0. The summed E-state index contributed by atoms with van der Waals surface area (Å²) in [6, 6.07) is 15.2. The van der Waals surface area contributed by atoms with Crippen LogP contribution >= 0.6 is 17.0 Å². The van der Waals surface area contributed by atoms with Gasteiger partial charge in [-0.25, -0.2) is 0 Å². The van der Waals surface area contributed by atoms with Gasteiger partial charge in [0.25, 0.3) is 0 Å². The van der Waals surface area contributed by atoms with Crippen LogP contribution < -0.4 is 21.2 Å². The van der Waals surface area contributed by atoms with Gasteiger partial charge in [-0.2, -0.15) is 0 Å². The predicted molar refractivity (Wildman–Crippen MR) is 63.9 cm³/mol. The van der Waals surface area contributed by atoms with Crippen molar-refractivity contribution in [2.75, 3.05) is 0 Å². The molecule has 2 nitrogen and oxygen atoms in total. The molecule has 0 aliphatic rings. The summed E-state index contributed by atoms with van der Waals surface area (Å²) in [6.45, 7) is 0. The SMILES string of the molecule is Br.Oc1ccc([I-]c2ccccc2)cc1O. The Morgan fingerprint density at radius 2 is 1.44 bits per heavy atom. The molecular weight excluding hydrogens is 383 g/mol. The Morgan fingerprint density at radius 3 is 2.06 bits per heavy atom. The fourth-order valence-electron chi connectivity index (χ4n) is 1.16. The summed E-state index contributed by atoms with van der Waals surface area (Å²) < 4.78 is 2.39. The van der Waals surface area contributed by atoms with Crippen LogP contribution in [0.3, 0.4) is 0 Å². The molecule has 0 radical (unpaired) electrons. The standard InChI is InChI=1S/C12H10IO2.BrH/c14-11-7-6-10(8-12(11)15)13-9-4-2-1-3-5-9;/h1-8,14-15H;1H/q-1;. The average molecular weight is 394 g/mol. The van der Waals surface area contributed by atoms with Gasteiger partial charge in [0.15, 0.2) is 0 Å². The van der Waals surface area contributed by atoms with Gasteiger partial charge >= 0.3 is 98.6 Å². The van der Waals surface area contributed by atoms with Gasteiger partial charge in [-0.3, -0.25) is 0 Å². The van der Waals surface area contributed by atoms with Gasteiger partial charge in [0, 0.05) is 0 Å². The molecule has 86 valence electrons. The molecule has 0 aliphatic carbocycles. The normalized spacial score (nSPS) is 9.75. The Kier molecular flexibility index (Phi) is 5.08. The number of aromatic hydroxyl groups is 2. The third kappa shape index (κ3) is 3.38. The molecule has 0 unspecified atom stereocenters. The van der Waals surface area contributed by atoms with E-state index >= 15 is 0 Å². The van der Waals surface area contributed by atoms with Crippen molar-refractivity contribution in [3.8, 4) is 11.5 Å². The number of hydrogen-bond acceptors (Lipinski definition) is 2. The van der Waals surface area contributed by atoms with Gasteiger partial charge in [0.1, 0.15) is 0 Å². The van der Waals surface area contributed by atoms with Crippen molar-refractivity contribution in [2.24, 2.45) is 0 Å². The molecule has 0 saturated carbocycles. The van der Waals surface area contributed by atoms with Crippen molar-refractivity contribution in [1.82, 2.24) is 0 Å². The molecule has 2 rings (SSSR count). The number of hydrogen-bond donors (Lipinski definition) is 2. The van der Waals surface area contributed by atoms with Crippen LogP contribution in [0, 0.1) is 7.14 Å². The van der Waals surface area contributed by atoms with Crippen LogP contribution in [-0.2, 0) is 0 Å². The minimum atomic E-state index is -0.272. The van der Waals surface area contributed by atoms with Crippen molar-refractivity contribution in [2.45, 2.75) is 0 Å². The Balaban J connectivity index is 0.00000128. The topological polar surface area (TPSA) is 40.5 Å². The van der Waals surface area contributed by atoms with Gasteiger partial charge in [-0.15, -0.1) is 17.0 Å². The van der Waals surface area contributed by atoms with E-state index in [0.29, 0.717) is 0 Å². The number of phenolic OH excluding ortho intramolecular Hbond substituents is 2. The molecular formula is C12H11BrIO2-. The first-order valence-electron chi connectivity index (χ1n) is 4.47. The Bertz CT molecular complexity index is 460. The molecule has 0 aliphatic heterocycles. The molecule has 0 saturated heterocycles. The third-order valence-corrected chi connectivity index (χ3v) is 4.52. The maximum atomic E-state index is 9.35. The first-order valence-corrected chi connectivity index (χ1v) is 6.63. The van der Waals surface area contributed by atoms with Crippen molar-refractivity contribution in [3.63, 3.8) is 0 Å². The molecule has 0 fully saturated rings. The average Bonchev–Trinajstić information content (AvgIpc) is 2.25. The molecule has 2 aromatic carbocycles. The first-order chi connectivity index (χ1) is 7.25. The quantitative estimate of drug-likeness (QED) is 0.548. The van der Waals surface area contributed by atoms with Crippen LogP contribution in [0.5, 0.6) is 11.5 Å². The van der Waals surface area contributed by atoms with Crippen LogP contribution in [0.1, 0.15) is 0 Å². The molecule has 2 aromatic rings. The number of halogens is 2. The monoisotopic (exact) mass is 393 g/mol. The summed E-state index contributed by atoms with van der Waals surface area (Å²) >= 11 is -0.272. The van der Waals surface area contributed by atoms with E-state index in [1.54, 1.807) is 6.07 Å². The Morgan fingerprint density at radius 1 is 0.750 bits per heavy atom. The second-order valence-corrected chi connectivity index (χ2v) is 6.05. The molecule has 0 bridgehead atoms. The Hall–Kier alpha value is -0.750. The van der Waals surface area contributed by atoms with Crippen molar-refractivity contribution >= 4 is 17.0 Å². The van der Waals surface area contributed by atoms with Crippen molar-refractivity contribution in [1.29, 1.82) is 0 Å². The molecule has 4 heteroatoms. The van der Waals surface area contributed by atoms with E-state index in [1.165, 1.54) is 9.64 Å². The first kappa shape index (κ1) is 13.3. The van der Waals surface area contributed by atoms with Crippen LogP contribution in [0.2, 0.25) is 0 Å². The van der Waals surface area contributed by atoms with Crippen LogP contribution in [-0.4, -0.2) is 10.2 Å². The molecule has 0 amide bonds. The zero-order chi connectivity index (χ0) is 10.7. The summed E-state index contributed by atoms with van der Waals surface area (Å²) in [6.07, 6.45) is 0.